The Morgan fingerprint density at radius 3 is 2.77 bits per heavy atom. The van der Waals surface area contributed by atoms with E-state index in [9.17, 15) is 9.00 Å². The molecule has 0 amide bonds. The van der Waals surface area contributed by atoms with Crippen LogP contribution in [-0.4, -0.2) is 33.0 Å². The third-order valence-corrected chi connectivity index (χ3v) is 5.63. The lowest BCUT2D eigenvalue weighted by molar-refractivity contribution is 0.0526. The molecule has 0 spiro atoms. The molecule has 5 nitrogen and oxygen atoms in total. The van der Waals surface area contributed by atoms with Gasteiger partial charge >= 0.3 is 5.97 Å². The van der Waals surface area contributed by atoms with Crippen LogP contribution in [0.15, 0.2) is 34.9 Å². The molecule has 0 saturated carbocycles. The molecule has 132 valence electrons. The Morgan fingerprint density at radius 1 is 1.27 bits per heavy atom. The fourth-order valence-electron chi connectivity index (χ4n) is 2.36. The number of esters is 1. The minimum absolute atomic E-state index is 0.329. The molecule has 0 aliphatic rings. The van der Waals surface area contributed by atoms with Gasteiger partial charge in [-0.25, -0.2) is 14.8 Å². The summed E-state index contributed by atoms with van der Waals surface area (Å²) >= 11 is 1.43. The van der Waals surface area contributed by atoms with Gasteiger partial charge in [0.05, 0.1) is 33.2 Å². The minimum atomic E-state index is -1.18. The van der Waals surface area contributed by atoms with Crippen molar-refractivity contribution in [2.24, 2.45) is 0 Å². The molecule has 0 saturated heterocycles. The molecular weight excluding hydrogens is 368 g/mol. The van der Waals surface area contributed by atoms with Crippen molar-refractivity contribution in [2.75, 3.05) is 12.9 Å². The van der Waals surface area contributed by atoms with Crippen LogP contribution in [0, 0.1) is 18.8 Å². The van der Waals surface area contributed by atoms with Crippen LogP contribution in [0.25, 0.3) is 10.2 Å². The van der Waals surface area contributed by atoms with Crippen LogP contribution < -0.4 is 0 Å². The molecule has 0 aliphatic heterocycles. The standard InChI is InChI=1S/C19H16N2O3S2/c1-4-24-19(22)14-6-5-12(2)13(9-14)7-8-15-10-25-17-16(15)20-11-21-18(17)26(3)23/h5-6,9-11H,4H2,1-3H3/t26-/m1/s1. The van der Waals surface area contributed by atoms with E-state index < -0.39 is 10.8 Å². The van der Waals surface area contributed by atoms with E-state index in [0.717, 1.165) is 21.4 Å². The maximum Gasteiger partial charge on any atom is 0.338 e. The molecule has 7 heteroatoms. The lowest BCUT2D eigenvalue weighted by atomic mass is 10.0. The van der Waals surface area contributed by atoms with Gasteiger partial charge in [0.15, 0.2) is 0 Å². The van der Waals surface area contributed by atoms with Crippen LogP contribution in [0.2, 0.25) is 0 Å². The monoisotopic (exact) mass is 384 g/mol. The number of benzene rings is 1. The van der Waals surface area contributed by atoms with Gasteiger partial charge in [-0.1, -0.05) is 17.9 Å². The highest BCUT2D eigenvalue weighted by atomic mass is 32.2. The maximum absolute atomic E-state index is 11.9. The first kappa shape index (κ1) is 18.2. The average molecular weight is 384 g/mol. The first-order chi connectivity index (χ1) is 12.5. The molecule has 1 atom stereocenters. The SMILES string of the molecule is CCOC(=O)c1ccc(C)c(C#Cc2csc3c([S@@](C)=O)ncnc23)c1. The van der Waals surface area contributed by atoms with Gasteiger partial charge in [-0.3, -0.25) is 4.21 Å². The first-order valence-corrected chi connectivity index (χ1v) is 10.3. The molecule has 3 aromatic rings. The van der Waals surface area contributed by atoms with Crippen molar-refractivity contribution >= 4 is 38.3 Å². The molecule has 0 N–H and O–H groups in total. The fraction of sp³-hybridized carbons (Fsp3) is 0.211. The van der Waals surface area contributed by atoms with Gasteiger partial charge in [-0.15, -0.1) is 11.3 Å². The number of fused-ring (bicyclic) bond motifs is 1. The number of carbonyl (C=O) groups is 1. The molecule has 26 heavy (non-hydrogen) atoms. The zero-order chi connectivity index (χ0) is 18.7. The van der Waals surface area contributed by atoms with Crippen molar-refractivity contribution in [3.05, 3.63) is 52.2 Å². The lowest BCUT2D eigenvalue weighted by Crippen LogP contribution is -2.05. The highest BCUT2D eigenvalue weighted by molar-refractivity contribution is 7.84. The van der Waals surface area contributed by atoms with E-state index in [-0.39, 0.29) is 5.97 Å². The molecule has 0 fully saturated rings. The van der Waals surface area contributed by atoms with Crippen molar-refractivity contribution in [1.82, 2.24) is 9.97 Å². The molecule has 0 unspecified atom stereocenters. The van der Waals surface area contributed by atoms with E-state index in [2.05, 4.69) is 21.8 Å². The number of aromatic nitrogens is 2. The molecule has 1 aromatic carbocycles. The van der Waals surface area contributed by atoms with Gasteiger partial charge in [0.1, 0.15) is 16.9 Å². The van der Waals surface area contributed by atoms with Gasteiger partial charge < -0.3 is 4.74 Å². The molecule has 0 bridgehead atoms. The molecule has 0 aliphatic carbocycles. The van der Waals surface area contributed by atoms with Crippen molar-refractivity contribution in [1.29, 1.82) is 0 Å². The molecule has 3 rings (SSSR count). The Labute approximate surface area is 157 Å². The van der Waals surface area contributed by atoms with Crippen LogP contribution in [0.3, 0.4) is 0 Å². The van der Waals surface area contributed by atoms with Crippen LogP contribution in [0.1, 0.15) is 34.0 Å². The second kappa shape index (κ2) is 7.77. The summed E-state index contributed by atoms with van der Waals surface area (Å²) in [6, 6.07) is 5.31. The summed E-state index contributed by atoms with van der Waals surface area (Å²) in [4.78, 5) is 20.3. The number of nitrogens with zero attached hydrogens (tertiary/aromatic N) is 2. The van der Waals surface area contributed by atoms with Gasteiger partial charge in [-0.05, 0) is 31.5 Å². The Morgan fingerprint density at radius 2 is 2.04 bits per heavy atom. The zero-order valence-corrected chi connectivity index (χ0v) is 16.2. The van der Waals surface area contributed by atoms with E-state index in [1.807, 2.05) is 18.4 Å². The Kier molecular flexibility index (Phi) is 5.45. The largest absolute Gasteiger partial charge is 0.462 e. The highest BCUT2D eigenvalue weighted by Gasteiger charge is 2.12. The normalized spacial score (nSPS) is 11.7. The summed E-state index contributed by atoms with van der Waals surface area (Å²) in [6.07, 6.45) is 3.00. The number of hydrogen-bond acceptors (Lipinski definition) is 6. The second-order valence-electron chi connectivity index (χ2n) is 5.46. The molecular formula is C19H16N2O3S2. The van der Waals surface area contributed by atoms with Crippen molar-refractivity contribution in [3.8, 4) is 11.8 Å². The summed E-state index contributed by atoms with van der Waals surface area (Å²) in [7, 11) is -1.18. The third-order valence-electron chi connectivity index (χ3n) is 3.67. The van der Waals surface area contributed by atoms with Crippen LogP contribution >= 0.6 is 11.3 Å². The second-order valence-corrected chi connectivity index (χ2v) is 7.63. The number of thiophene rings is 1. The summed E-state index contributed by atoms with van der Waals surface area (Å²) in [5.74, 6) is 5.85. The van der Waals surface area contributed by atoms with Crippen LogP contribution in [0.5, 0.6) is 0 Å². The zero-order valence-electron chi connectivity index (χ0n) is 14.5. The van der Waals surface area contributed by atoms with E-state index >= 15 is 0 Å². The Bertz CT molecular complexity index is 1080. The Balaban J connectivity index is 2.01. The van der Waals surface area contributed by atoms with Crippen molar-refractivity contribution in [2.45, 2.75) is 18.9 Å². The van der Waals surface area contributed by atoms with Crippen molar-refractivity contribution in [3.63, 3.8) is 0 Å². The van der Waals surface area contributed by atoms with E-state index in [0.29, 0.717) is 22.7 Å². The van der Waals surface area contributed by atoms with Gasteiger partial charge in [0.2, 0.25) is 0 Å². The Hall–Kier alpha value is -2.56. The summed E-state index contributed by atoms with van der Waals surface area (Å²) in [5.41, 5.74) is 3.64. The first-order valence-electron chi connectivity index (χ1n) is 7.86. The number of carbonyl (C=O) groups excluding carboxylic acids is 1. The van der Waals surface area contributed by atoms with E-state index in [1.54, 1.807) is 25.3 Å². The molecule has 0 radical (unpaired) electrons. The topological polar surface area (TPSA) is 69.2 Å². The number of aryl methyl sites for hydroxylation is 1. The fourth-order valence-corrected chi connectivity index (χ4v) is 4.24. The molecule has 2 aromatic heterocycles. The number of hydrogen-bond donors (Lipinski definition) is 0. The van der Waals surface area contributed by atoms with Gasteiger partial charge in [0.25, 0.3) is 0 Å². The van der Waals surface area contributed by atoms with Gasteiger partial charge in [0, 0.05) is 17.2 Å². The smallest absolute Gasteiger partial charge is 0.338 e. The number of ether oxygens (including phenoxy) is 1. The lowest BCUT2D eigenvalue weighted by Gasteiger charge is -2.04. The maximum atomic E-state index is 11.9. The quantitative estimate of drug-likeness (QED) is 0.394. The van der Waals surface area contributed by atoms with Crippen molar-refractivity contribution < 1.29 is 13.7 Å². The average Bonchev–Trinajstić information content (AvgIpc) is 3.04. The number of rotatable bonds is 3. The van der Waals surface area contributed by atoms with Gasteiger partial charge in [-0.2, -0.15) is 0 Å². The third kappa shape index (κ3) is 3.66. The summed E-state index contributed by atoms with van der Waals surface area (Å²) in [6.45, 7) is 4.04. The van der Waals surface area contributed by atoms with Crippen LogP contribution in [-0.2, 0) is 15.5 Å². The molecule has 2 heterocycles. The minimum Gasteiger partial charge on any atom is -0.462 e. The summed E-state index contributed by atoms with van der Waals surface area (Å²) in [5, 5.41) is 2.40. The predicted octanol–water partition coefficient (Wildman–Crippen LogP) is 3.31. The van der Waals surface area contributed by atoms with E-state index in [1.165, 1.54) is 17.7 Å². The predicted molar refractivity (Wildman–Crippen MR) is 103 cm³/mol. The van der Waals surface area contributed by atoms with Crippen LogP contribution in [0.4, 0.5) is 0 Å². The van der Waals surface area contributed by atoms with E-state index in [4.69, 9.17) is 4.74 Å². The highest BCUT2D eigenvalue weighted by Crippen LogP contribution is 2.27. The summed E-state index contributed by atoms with van der Waals surface area (Å²) < 4.78 is 17.6.